The molecule has 0 fully saturated rings. The monoisotopic (exact) mass is 668 g/mol. The quantitative estimate of drug-likeness (QED) is 0.307. The third-order valence-electron chi connectivity index (χ3n) is 8.52. The van der Waals surface area contributed by atoms with Gasteiger partial charge in [0.2, 0.25) is 0 Å². The Kier molecular flexibility index (Phi) is 9.89. The fourth-order valence-electron chi connectivity index (χ4n) is 6.55. The Hall–Kier alpha value is -2.31. The number of allylic oxidation sites excluding steroid dienone is 4. The minimum atomic E-state index is -2.67. The topological polar surface area (TPSA) is 0 Å². The first kappa shape index (κ1) is 32.6. The van der Waals surface area contributed by atoms with Crippen LogP contribution in [0.4, 0.5) is 0 Å². The average molecular weight is 671 g/mol. The second-order valence-corrected chi connectivity index (χ2v) is 19.6. The van der Waals surface area contributed by atoms with E-state index >= 15 is 0 Å². The van der Waals surface area contributed by atoms with Gasteiger partial charge in [-0.1, -0.05) is 0 Å². The van der Waals surface area contributed by atoms with Crippen molar-refractivity contribution in [1.82, 2.24) is 0 Å². The van der Waals surface area contributed by atoms with Crippen LogP contribution in [0.25, 0.3) is 11.1 Å². The third kappa shape index (κ3) is 6.04. The third-order valence-corrected chi connectivity index (χ3v) is 16.8. The second-order valence-electron chi connectivity index (χ2n) is 13.3. The molecule has 0 N–H and O–H groups in total. The first-order valence-corrected chi connectivity index (χ1v) is 18.5. The summed E-state index contributed by atoms with van der Waals surface area (Å²) in [4.78, 5) is 0. The van der Waals surface area contributed by atoms with E-state index < -0.39 is 21.3 Å². The summed E-state index contributed by atoms with van der Waals surface area (Å²) in [5.74, 6) is 0. The normalized spacial score (nSPS) is 15.0. The molecule has 0 radical (unpaired) electrons. The molecular formula is C39H40Cl2Zr. The van der Waals surface area contributed by atoms with E-state index in [2.05, 4.69) is 157 Å². The molecule has 0 amide bonds. The average Bonchev–Trinajstić information content (AvgIpc) is 3.58. The molecule has 0 saturated carbocycles. The van der Waals surface area contributed by atoms with Gasteiger partial charge in [-0.3, -0.25) is 0 Å². The van der Waals surface area contributed by atoms with Gasteiger partial charge in [0.1, 0.15) is 0 Å². The van der Waals surface area contributed by atoms with Crippen molar-refractivity contribution in [2.24, 2.45) is 0 Å². The Morgan fingerprint density at radius 1 is 0.667 bits per heavy atom. The van der Waals surface area contributed by atoms with E-state index in [9.17, 15) is 0 Å². The van der Waals surface area contributed by atoms with Crippen LogP contribution in [0, 0.1) is 0 Å². The van der Waals surface area contributed by atoms with E-state index in [-0.39, 0.29) is 35.6 Å². The summed E-state index contributed by atoms with van der Waals surface area (Å²) in [5, 5.41) is 0. The molecule has 0 spiro atoms. The number of fused-ring (bicyclic) bond motifs is 3. The first-order valence-electron chi connectivity index (χ1n) is 14.6. The number of hydrogen-bond acceptors (Lipinski definition) is 0. The largest absolute Gasteiger partial charge is 1.00 e. The van der Waals surface area contributed by atoms with Crippen LogP contribution >= 0.6 is 0 Å². The smallest absolute Gasteiger partial charge is 1.00 e. The van der Waals surface area contributed by atoms with E-state index in [1.807, 2.05) is 0 Å². The van der Waals surface area contributed by atoms with Crippen LogP contribution in [0.3, 0.4) is 0 Å². The van der Waals surface area contributed by atoms with Crippen LogP contribution in [-0.2, 0) is 32.1 Å². The Balaban J connectivity index is 0.00000202. The molecule has 4 aromatic rings. The molecule has 6 rings (SSSR count). The van der Waals surface area contributed by atoms with Gasteiger partial charge in [0.25, 0.3) is 0 Å². The summed E-state index contributed by atoms with van der Waals surface area (Å²) in [6.07, 6.45) is 8.23. The predicted octanol–water partition coefficient (Wildman–Crippen LogP) is 4.09. The molecule has 0 heterocycles. The van der Waals surface area contributed by atoms with Crippen molar-refractivity contribution in [2.75, 3.05) is 0 Å². The molecule has 0 saturated heterocycles. The summed E-state index contributed by atoms with van der Waals surface area (Å²) in [5.41, 5.74) is 12.0. The molecule has 214 valence electrons. The molecule has 1 atom stereocenters. The minimum Gasteiger partial charge on any atom is -1.00 e. The van der Waals surface area contributed by atoms with Gasteiger partial charge in [-0.25, -0.2) is 0 Å². The van der Waals surface area contributed by atoms with Gasteiger partial charge < -0.3 is 24.8 Å². The predicted molar refractivity (Wildman–Crippen MR) is 169 cm³/mol. The molecule has 4 aromatic carbocycles. The number of benzene rings is 4. The maximum Gasteiger partial charge on any atom is -1.00 e. The van der Waals surface area contributed by atoms with Crippen LogP contribution in [0.5, 0.6) is 0 Å². The standard InChI is InChI=1S/C21H25.C13H10.C5H5.2ClH.Zr/c1-20(2,3)15-11-10-14-12-18-16(17(14)13-15)8-7-9-19(18)21(4,5)6;1-3-7-12(8-4-1)11-13-9-5-2-6-10-13;1-2-4-5-3-1;;;/h7-13H,1-6H3;1-10H;1-3H,4H2;2*1H;/q;;;;;+2/p-2. The summed E-state index contributed by atoms with van der Waals surface area (Å²) in [6, 6.07) is 37.1. The zero-order valence-electron chi connectivity index (χ0n) is 25.5. The van der Waals surface area contributed by atoms with Crippen LogP contribution in [0.15, 0.2) is 119 Å². The zero-order chi connectivity index (χ0) is 28.1. The molecule has 0 nitrogen and oxygen atoms in total. The van der Waals surface area contributed by atoms with Crippen molar-refractivity contribution in [3.05, 3.63) is 152 Å². The summed E-state index contributed by atoms with van der Waals surface area (Å²) in [7, 11) is 0. The Labute approximate surface area is 273 Å². The van der Waals surface area contributed by atoms with Gasteiger partial charge in [0.15, 0.2) is 0 Å². The number of hydrogen-bond donors (Lipinski definition) is 0. The van der Waals surface area contributed by atoms with Crippen LogP contribution in [0.2, 0.25) is 0 Å². The van der Waals surface area contributed by atoms with E-state index in [4.69, 9.17) is 0 Å². The summed E-state index contributed by atoms with van der Waals surface area (Å²) < 4.78 is 3.74. The van der Waals surface area contributed by atoms with Crippen molar-refractivity contribution in [2.45, 2.75) is 62.4 Å². The molecular weight excluding hydrogens is 631 g/mol. The Morgan fingerprint density at radius 2 is 1.29 bits per heavy atom. The van der Waals surface area contributed by atoms with Crippen molar-refractivity contribution in [3.63, 3.8) is 0 Å². The number of halogens is 2. The number of rotatable bonds is 4. The molecule has 1 unspecified atom stereocenters. The van der Waals surface area contributed by atoms with Gasteiger partial charge in [-0.15, -0.1) is 0 Å². The van der Waals surface area contributed by atoms with Crippen molar-refractivity contribution < 1.29 is 46.1 Å². The fraction of sp³-hybridized carbons (Fsp3) is 0.256. The molecule has 0 aliphatic heterocycles. The molecule has 3 heteroatoms. The van der Waals surface area contributed by atoms with Gasteiger partial charge >= 0.3 is 250 Å². The van der Waals surface area contributed by atoms with E-state index in [0.29, 0.717) is 3.63 Å². The second kappa shape index (κ2) is 12.7. The fourth-order valence-corrected chi connectivity index (χ4v) is 15.7. The Morgan fingerprint density at radius 3 is 1.81 bits per heavy atom. The van der Waals surface area contributed by atoms with E-state index in [1.165, 1.54) is 33.4 Å². The van der Waals surface area contributed by atoms with E-state index in [0.717, 1.165) is 6.42 Å². The summed E-state index contributed by atoms with van der Waals surface area (Å²) >= 11 is -2.67. The maximum atomic E-state index is 2.52. The van der Waals surface area contributed by atoms with E-state index in [1.54, 1.807) is 17.6 Å². The van der Waals surface area contributed by atoms with Gasteiger partial charge in [0, 0.05) is 0 Å². The van der Waals surface area contributed by atoms with Crippen molar-refractivity contribution in [1.29, 1.82) is 0 Å². The molecule has 42 heavy (non-hydrogen) atoms. The summed E-state index contributed by atoms with van der Waals surface area (Å²) in [6.45, 7) is 14.2. The van der Waals surface area contributed by atoms with Crippen molar-refractivity contribution >= 4 is 3.21 Å². The minimum absolute atomic E-state index is 0. The van der Waals surface area contributed by atoms with Crippen molar-refractivity contribution in [3.8, 4) is 11.1 Å². The first-order chi connectivity index (χ1) is 19.1. The Bertz CT molecular complexity index is 1620. The zero-order valence-corrected chi connectivity index (χ0v) is 29.5. The maximum absolute atomic E-state index is 2.67. The van der Waals surface area contributed by atoms with Crippen LogP contribution < -0.4 is 24.8 Å². The van der Waals surface area contributed by atoms with Gasteiger partial charge in [0.05, 0.1) is 0 Å². The van der Waals surface area contributed by atoms with Gasteiger partial charge in [-0.2, -0.15) is 0 Å². The molecule has 2 aliphatic carbocycles. The van der Waals surface area contributed by atoms with Crippen LogP contribution in [0.1, 0.15) is 85.0 Å². The SMILES string of the molecule is CC(C)(C)c1ccc2c(c1)-c1cccc(C(C)(C)C)c1[CH]2[Zr+2]([C]1=CC=CC1)=[C](c1ccccc1)c1ccccc1.[Cl-].[Cl-]. The molecule has 0 aromatic heterocycles. The molecule has 2 aliphatic rings. The van der Waals surface area contributed by atoms with Crippen LogP contribution in [-0.4, -0.2) is 3.21 Å². The molecule has 0 bridgehead atoms. The van der Waals surface area contributed by atoms with Gasteiger partial charge in [-0.05, 0) is 0 Å².